The van der Waals surface area contributed by atoms with E-state index in [0.717, 1.165) is 0 Å². The summed E-state index contributed by atoms with van der Waals surface area (Å²) in [7, 11) is 0. The molecule has 0 amide bonds. The minimum atomic E-state index is -4.55. The van der Waals surface area contributed by atoms with Crippen LogP contribution in [0.15, 0.2) is 51.8 Å². The van der Waals surface area contributed by atoms with Crippen molar-refractivity contribution < 1.29 is 13.2 Å². The number of hydrogen-bond acceptors (Lipinski definition) is 2. The van der Waals surface area contributed by atoms with E-state index < -0.39 is 16.9 Å². The fraction of sp³-hybridized carbons (Fsp3) is 0.333. The summed E-state index contributed by atoms with van der Waals surface area (Å²) in [4.78, 5) is 7.88. The maximum atomic E-state index is 13.1. The van der Waals surface area contributed by atoms with Crippen LogP contribution in [0.5, 0.6) is 0 Å². The minimum Gasteiger partial charge on any atom is -0.255 e. The molecule has 0 atom stereocenters. The first-order valence-electron chi connectivity index (χ1n) is 6.38. The van der Waals surface area contributed by atoms with Gasteiger partial charge < -0.3 is 0 Å². The third kappa shape index (κ3) is 5.01. The lowest BCUT2D eigenvalue weighted by molar-refractivity contribution is -0.0897. The van der Waals surface area contributed by atoms with Gasteiger partial charge in [0, 0.05) is 6.20 Å². The quantitative estimate of drug-likeness (QED) is 0.422. The first-order valence-corrected chi connectivity index (χ1v) is 6.76. The molecule has 1 aromatic rings. The zero-order chi connectivity index (χ0) is 16.0. The number of allylic oxidation sites excluding steroid dienone is 3. The Balaban J connectivity index is 3.32. The molecule has 0 aliphatic carbocycles. The lowest BCUT2D eigenvalue weighted by Crippen LogP contribution is -2.14. The first-order chi connectivity index (χ1) is 9.77. The van der Waals surface area contributed by atoms with Gasteiger partial charge in [-0.05, 0) is 38.0 Å². The van der Waals surface area contributed by atoms with Gasteiger partial charge in [-0.2, -0.15) is 13.2 Å². The molecule has 21 heavy (non-hydrogen) atoms. The Morgan fingerprint density at radius 3 is 2.48 bits per heavy atom. The molecule has 0 unspecified atom stereocenters. The van der Waals surface area contributed by atoms with Crippen molar-refractivity contribution in [1.29, 1.82) is 0 Å². The molecule has 0 radical (unpaired) electrons. The highest BCUT2D eigenvalue weighted by Crippen LogP contribution is 2.35. The van der Waals surface area contributed by atoms with Crippen molar-refractivity contribution in [2.24, 2.45) is 4.99 Å². The van der Waals surface area contributed by atoms with E-state index in [-0.39, 0.29) is 5.57 Å². The van der Waals surface area contributed by atoms with Crippen LogP contribution in [0.3, 0.4) is 0 Å². The number of rotatable bonds is 4. The molecule has 0 saturated carbocycles. The second-order valence-corrected chi connectivity index (χ2v) is 4.73. The van der Waals surface area contributed by atoms with Gasteiger partial charge in [0.15, 0.2) is 0 Å². The first kappa shape index (κ1) is 17.4. The molecule has 0 aliphatic rings. The standard InChI is InChI=1S/C15H16ClF3N2/c1-4-7-10(2)13(15(17,18)19)14(16)21-11(3)12-8-5-6-9-20-12/h5-9H,4H2,1-3H3/b10-7+,14-13+,21-11?. The van der Waals surface area contributed by atoms with Crippen LogP contribution in [0.4, 0.5) is 13.2 Å². The molecular formula is C15H16ClF3N2. The summed E-state index contributed by atoms with van der Waals surface area (Å²) in [5, 5.41) is -0.576. The number of pyridine rings is 1. The Morgan fingerprint density at radius 1 is 1.33 bits per heavy atom. The molecule has 0 fully saturated rings. The monoisotopic (exact) mass is 316 g/mol. The molecule has 0 bridgehead atoms. The predicted molar refractivity (Wildman–Crippen MR) is 79.4 cm³/mol. The summed E-state index contributed by atoms with van der Waals surface area (Å²) < 4.78 is 39.4. The van der Waals surface area contributed by atoms with Crippen molar-refractivity contribution in [3.63, 3.8) is 0 Å². The van der Waals surface area contributed by atoms with Crippen LogP contribution >= 0.6 is 11.6 Å². The van der Waals surface area contributed by atoms with Gasteiger partial charge >= 0.3 is 6.18 Å². The van der Waals surface area contributed by atoms with Gasteiger partial charge in [-0.15, -0.1) is 0 Å². The number of hydrogen-bond donors (Lipinski definition) is 0. The Labute approximate surface area is 127 Å². The molecule has 0 aromatic carbocycles. The van der Waals surface area contributed by atoms with Crippen LogP contribution in [0, 0.1) is 0 Å². The molecule has 0 N–H and O–H groups in total. The molecule has 2 nitrogen and oxygen atoms in total. The maximum absolute atomic E-state index is 13.1. The predicted octanol–water partition coefficient (Wildman–Crippen LogP) is 5.26. The van der Waals surface area contributed by atoms with Crippen LogP contribution in [-0.4, -0.2) is 16.9 Å². The Hall–Kier alpha value is -1.62. The largest absolute Gasteiger partial charge is 0.419 e. The van der Waals surface area contributed by atoms with Crippen molar-refractivity contribution >= 4 is 17.3 Å². The Morgan fingerprint density at radius 2 is 2.00 bits per heavy atom. The number of nitrogens with zero attached hydrogens (tertiary/aromatic N) is 2. The summed E-state index contributed by atoms with van der Waals surface area (Å²) in [5.41, 5.74) is -0.0465. The van der Waals surface area contributed by atoms with E-state index in [9.17, 15) is 13.2 Å². The average molecular weight is 317 g/mol. The highest BCUT2D eigenvalue weighted by molar-refractivity contribution is 6.31. The zero-order valence-electron chi connectivity index (χ0n) is 12.0. The van der Waals surface area contributed by atoms with Crippen molar-refractivity contribution in [2.45, 2.75) is 33.4 Å². The summed E-state index contributed by atoms with van der Waals surface area (Å²) >= 11 is 5.81. The highest BCUT2D eigenvalue weighted by atomic mass is 35.5. The van der Waals surface area contributed by atoms with E-state index in [2.05, 4.69) is 9.98 Å². The lowest BCUT2D eigenvalue weighted by Gasteiger charge is -2.13. The van der Waals surface area contributed by atoms with Crippen LogP contribution in [0.2, 0.25) is 0 Å². The van der Waals surface area contributed by atoms with Gasteiger partial charge in [-0.3, -0.25) is 4.98 Å². The lowest BCUT2D eigenvalue weighted by atomic mass is 10.1. The number of halogens is 4. The normalized spacial score (nSPS) is 15.0. The molecule has 0 aliphatic heterocycles. The molecule has 1 rings (SSSR count). The third-order valence-corrected chi connectivity index (χ3v) is 2.97. The van der Waals surface area contributed by atoms with Crippen molar-refractivity contribution in [2.75, 3.05) is 0 Å². The van der Waals surface area contributed by atoms with Gasteiger partial charge in [-0.1, -0.05) is 30.7 Å². The molecule has 6 heteroatoms. The topological polar surface area (TPSA) is 25.2 Å². The van der Waals surface area contributed by atoms with Crippen molar-refractivity contribution in [3.8, 4) is 0 Å². The molecule has 1 heterocycles. The van der Waals surface area contributed by atoms with Gasteiger partial charge in [0.2, 0.25) is 0 Å². The Bertz CT molecular complexity index is 572. The molecule has 1 aromatic heterocycles. The third-order valence-electron chi connectivity index (χ3n) is 2.70. The van der Waals surface area contributed by atoms with Gasteiger partial charge in [0.05, 0.1) is 17.0 Å². The molecule has 0 spiro atoms. The number of aromatic nitrogens is 1. The maximum Gasteiger partial charge on any atom is 0.419 e. The highest BCUT2D eigenvalue weighted by Gasteiger charge is 2.37. The van der Waals surface area contributed by atoms with Crippen molar-refractivity contribution in [1.82, 2.24) is 4.98 Å². The fourth-order valence-corrected chi connectivity index (χ4v) is 2.13. The smallest absolute Gasteiger partial charge is 0.255 e. The van der Waals surface area contributed by atoms with Gasteiger partial charge in [0.25, 0.3) is 0 Å². The van der Waals surface area contributed by atoms with Crippen LogP contribution < -0.4 is 0 Å². The van der Waals surface area contributed by atoms with E-state index in [1.807, 2.05) is 0 Å². The summed E-state index contributed by atoms with van der Waals surface area (Å²) in [5.74, 6) is 0. The zero-order valence-corrected chi connectivity index (χ0v) is 12.8. The van der Waals surface area contributed by atoms with Gasteiger partial charge in [-0.25, -0.2) is 4.99 Å². The molecular weight excluding hydrogens is 301 g/mol. The summed E-state index contributed by atoms with van der Waals surface area (Å²) in [6.45, 7) is 4.70. The van der Waals surface area contributed by atoms with E-state index >= 15 is 0 Å². The van der Waals surface area contributed by atoms with E-state index in [0.29, 0.717) is 17.8 Å². The molecule has 0 saturated heterocycles. The van der Waals surface area contributed by atoms with E-state index in [1.165, 1.54) is 13.0 Å². The second kappa shape index (κ2) is 7.41. The van der Waals surface area contributed by atoms with Crippen LogP contribution in [0.1, 0.15) is 32.9 Å². The number of aliphatic imine (C=N–C) groups is 1. The van der Waals surface area contributed by atoms with Crippen LogP contribution in [-0.2, 0) is 0 Å². The SMILES string of the molecule is CC/C=C(C)/C(=C(/Cl)N=C(C)c1ccccn1)C(F)(F)F. The number of alkyl halides is 3. The van der Waals surface area contributed by atoms with Gasteiger partial charge in [0.1, 0.15) is 5.16 Å². The fourth-order valence-electron chi connectivity index (χ4n) is 1.75. The van der Waals surface area contributed by atoms with Crippen LogP contribution in [0.25, 0.3) is 0 Å². The minimum absolute atomic E-state index is 0.0626. The summed E-state index contributed by atoms with van der Waals surface area (Å²) in [6, 6.07) is 5.10. The average Bonchev–Trinajstić information content (AvgIpc) is 2.38. The Kier molecular flexibility index (Phi) is 6.15. The molecule has 114 valence electrons. The summed E-state index contributed by atoms with van der Waals surface area (Å²) in [6.07, 6.45) is -1.06. The van der Waals surface area contributed by atoms with E-state index in [4.69, 9.17) is 11.6 Å². The second-order valence-electron chi connectivity index (χ2n) is 4.37. The van der Waals surface area contributed by atoms with E-state index in [1.54, 1.807) is 38.2 Å². The van der Waals surface area contributed by atoms with Crippen molar-refractivity contribution in [3.05, 3.63) is 52.5 Å².